The molecule has 2 unspecified atom stereocenters. The van der Waals surface area contributed by atoms with Crippen molar-refractivity contribution in [3.63, 3.8) is 0 Å². The summed E-state index contributed by atoms with van der Waals surface area (Å²) in [5.41, 5.74) is 6.97. The highest BCUT2D eigenvalue weighted by Gasteiger charge is 2.10. The Kier molecular flexibility index (Phi) is 7.04. The number of benzene rings is 1. The third kappa shape index (κ3) is 6.04. The number of aliphatic hydroxyl groups excluding tert-OH is 1. The van der Waals surface area contributed by atoms with Gasteiger partial charge >= 0.3 is 0 Å². The molecule has 0 aromatic heterocycles. The number of nitrogens with one attached hydrogen (secondary N) is 1. The quantitative estimate of drug-likeness (QED) is 0.382. The van der Waals surface area contributed by atoms with Gasteiger partial charge in [0.1, 0.15) is 18.5 Å². The van der Waals surface area contributed by atoms with E-state index >= 15 is 0 Å². The van der Waals surface area contributed by atoms with Crippen LogP contribution in [0.1, 0.15) is 32.3 Å². The van der Waals surface area contributed by atoms with Crippen molar-refractivity contribution in [3.8, 4) is 0 Å². The second-order valence-electron chi connectivity index (χ2n) is 5.16. The average molecular weight is 279 g/mol. The van der Waals surface area contributed by atoms with Crippen LogP contribution in [0, 0.1) is 0 Å². The molecule has 0 aliphatic heterocycles. The van der Waals surface area contributed by atoms with Crippen molar-refractivity contribution in [2.45, 2.75) is 38.8 Å². The van der Waals surface area contributed by atoms with Gasteiger partial charge in [0.15, 0.2) is 0 Å². The number of aliphatic hydroxyl groups is 1. The smallest absolute Gasteiger partial charge is 0.146 e. The molecular weight excluding hydrogens is 254 g/mol. The average Bonchev–Trinajstić information content (AvgIpc) is 2.45. The van der Waals surface area contributed by atoms with Crippen molar-refractivity contribution in [1.29, 1.82) is 0 Å². The summed E-state index contributed by atoms with van der Waals surface area (Å²) in [4.78, 5) is 5.11. The first kappa shape index (κ1) is 16.5. The predicted molar refractivity (Wildman–Crippen MR) is 81.6 cm³/mol. The van der Waals surface area contributed by atoms with E-state index in [2.05, 4.69) is 10.5 Å². The molecule has 0 bridgehead atoms. The number of amidine groups is 1. The monoisotopic (exact) mass is 279 g/mol. The lowest BCUT2D eigenvalue weighted by atomic mass is 10.0. The first-order valence-electron chi connectivity index (χ1n) is 6.92. The molecule has 4 N–H and O–H groups in total. The van der Waals surface area contributed by atoms with Crippen LogP contribution in [0.4, 0.5) is 0 Å². The van der Waals surface area contributed by atoms with Crippen LogP contribution in [0.3, 0.4) is 0 Å². The molecule has 0 spiro atoms. The normalized spacial score (nSPS) is 15.2. The second kappa shape index (κ2) is 8.55. The van der Waals surface area contributed by atoms with Crippen molar-refractivity contribution < 1.29 is 9.94 Å². The summed E-state index contributed by atoms with van der Waals surface area (Å²) in [6, 6.07) is 10.2. The second-order valence-corrected chi connectivity index (χ2v) is 5.16. The van der Waals surface area contributed by atoms with Gasteiger partial charge in [0.2, 0.25) is 0 Å². The number of nitrogens with two attached hydrogens (primary N) is 1. The van der Waals surface area contributed by atoms with E-state index < -0.39 is 6.10 Å². The van der Waals surface area contributed by atoms with Crippen LogP contribution in [0.2, 0.25) is 0 Å². The maximum Gasteiger partial charge on any atom is 0.146 e. The molecule has 112 valence electrons. The number of rotatable bonds is 8. The molecule has 0 heterocycles. The van der Waals surface area contributed by atoms with Gasteiger partial charge in [-0.15, -0.1) is 0 Å². The molecule has 1 aromatic rings. The van der Waals surface area contributed by atoms with Crippen molar-refractivity contribution in [2.24, 2.45) is 10.9 Å². The summed E-state index contributed by atoms with van der Waals surface area (Å²) in [7, 11) is 0. The molecule has 1 aromatic carbocycles. The minimum absolute atomic E-state index is 0.0119. The maximum absolute atomic E-state index is 9.67. The van der Waals surface area contributed by atoms with Crippen molar-refractivity contribution in [1.82, 2.24) is 5.32 Å². The van der Waals surface area contributed by atoms with Gasteiger partial charge in [-0.3, -0.25) is 0 Å². The standard InChI is InChI=1S/C15H25N3O2/c1-11(2)17-9-14(19)10-20-18-15(16)12(3)13-7-5-4-6-8-13/h4-8,11-12,14,17,19H,9-10H2,1-3H3,(H2,16,18). The summed E-state index contributed by atoms with van der Waals surface area (Å²) < 4.78 is 0. The fourth-order valence-electron chi connectivity index (χ4n) is 1.62. The summed E-state index contributed by atoms with van der Waals surface area (Å²) in [6.07, 6.45) is -0.596. The number of hydrogen-bond donors (Lipinski definition) is 3. The number of oxime groups is 1. The largest absolute Gasteiger partial charge is 0.392 e. The molecule has 1 rings (SSSR count). The van der Waals surface area contributed by atoms with Gasteiger partial charge in [-0.25, -0.2) is 0 Å². The molecule has 20 heavy (non-hydrogen) atoms. The van der Waals surface area contributed by atoms with E-state index in [0.717, 1.165) is 5.56 Å². The van der Waals surface area contributed by atoms with E-state index in [4.69, 9.17) is 10.6 Å². The number of nitrogens with zero attached hydrogens (tertiary/aromatic N) is 1. The Morgan fingerprint density at radius 1 is 1.30 bits per heavy atom. The first-order valence-corrected chi connectivity index (χ1v) is 6.92. The van der Waals surface area contributed by atoms with E-state index in [1.807, 2.05) is 51.1 Å². The molecule has 0 fully saturated rings. The van der Waals surface area contributed by atoms with Gasteiger partial charge in [-0.05, 0) is 5.56 Å². The van der Waals surface area contributed by atoms with Crippen LogP contribution in [0.5, 0.6) is 0 Å². The van der Waals surface area contributed by atoms with Gasteiger partial charge in [-0.2, -0.15) is 0 Å². The zero-order valence-corrected chi connectivity index (χ0v) is 12.4. The molecule has 5 heteroatoms. The van der Waals surface area contributed by atoms with Crippen molar-refractivity contribution in [3.05, 3.63) is 35.9 Å². The molecule has 0 aliphatic rings. The highest BCUT2D eigenvalue weighted by Crippen LogP contribution is 2.14. The van der Waals surface area contributed by atoms with E-state index in [0.29, 0.717) is 18.4 Å². The molecule has 5 nitrogen and oxygen atoms in total. The van der Waals surface area contributed by atoms with Crippen LogP contribution in [0.15, 0.2) is 35.5 Å². The molecular formula is C15H25N3O2. The van der Waals surface area contributed by atoms with Crippen LogP contribution in [-0.2, 0) is 4.84 Å². The predicted octanol–water partition coefficient (Wildman–Crippen LogP) is 1.44. The van der Waals surface area contributed by atoms with Gasteiger partial charge in [0.05, 0.1) is 0 Å². The Labute approximate surface area is 120 Å². The summed E-state index contributed by atoms with van der Waals surface area (Å²) in [5, 5.41) is 16.7. The highest BCUT2D eigenvalue weighted by atomic mass is 16.6. The third-order valence-corrected chi connectivity index (χ3v) is 2.94. The Bertz CT molecular complexity index is 407. The zero-order chi connectivity index (χ0) is 15.0. The number of hydrogen-bond acceptors (Lipinski definition) is 4. The van der Waals surface area contributed by atoms with Gasteiger partial charge in [-0.1, -0.05) is 56.3 Å². The van der Waals surface area contributed by atoms with Crippen molar-refractivity contribution >= 4 is 5.84 Å². The van der Waals surface area contributed by atoms with Crippen LogP contribution >= 0.6 is 0 Å². The van der Waals surface area contributed by atoms with E-state index in [1.165, 1.54) is 0 Å². The fourth-order valence-corrected chi connectivity index (χ4v) is 1.62. The molecule has 2 atom stereocenters. The molecule has 0 saturated carbocycles. The minimum Gasteiger partial charge on any atom is -0.392 e. The third-order valence-electron chi connectivity index (χ3n) is 2.94. The van der Waals surface area contributed by atoms with E-state index in [9.17, 15) is 5.11 Å². The van der Waals surface area contributed by atoms with Gasteiger partial charge < -0.3 is 21.0 Å². The first-order chi connectivity index (χ1) is 9.50. The lowest BCUT2D eigenvalue weighted by Gasteiger charge is -2.14. The molecule has 0 saturated heterocycles. The Morgan fingerprint density at radius 2 is 1.95 bits per heavy atom. The fraction of sp³-hybridized carbons (Fsp3) is 0.533. The minimum atomic E-state index is -0.596. The van der Waals surface area contributed by atoms with Crippen molar-refractivity contribution in [2.75, 3.05) is 13.2 Å². The maximum atomic E-state index is 9.67. The SMILES string of the molecule is CC(C)NCC(O)CO/N=C(\N)C(C)c1ccccc1. The lowest BCUT2D eigenvalue weighted by molar-refractivity contribution is 0.0389. The topological polar surface area (TPSA) is 79.9 Å². The highest BCUT2D eigenvalue weighted by molar-refractivity contribution is 5.86. The Hall–Kier alpha value is -1.59. The summed E-state index contributed by atoms with van der Waals surface area (Å²) in [5.74, 6) is 0.391. The van der Waals surface area contributed by atoms with Crippen LogP contribution in [0.25, 0.3) is 0 Å². The van der Waals surface area contributed by atoms with Gasteiger partial charge in [0, 0.05) is 18.5 Å². The zero-order valence-electron chi connectivity index (χ0n) is 12.4. The van der Waals surface area contributed by atoms with Gasteiger partial charge in [0.25, 0.3) is 0 Å². The Morgan fingerprint density at radius 3 is 2.55 bits per heavy atom. The Balaban J connectivity index is 2.38. The van der Waals surface area contributed by atoms with Crippen LogP contribution in [-0.4, -0.2) is 36.2 Å². The molecule has 0 amide bonds. The summed E-state index contributed by atoms with van der Waals surface area (Å²) in [6.45, 7) is 6.61. The molecule has 0 radical (unpaired) electrons. The van der Waals surface area contributed by atoms with E-state index in [-0.39, 0.29) is 12.5 Å². The molecule has 0 aliphatic carbocycles. The van der Waals surface area contributed by atoms with Crippen LogP contribution < -0.4 is 11.1 Å². The lowest BCUT2D eigenvalue weighted by Crippen LogP contribution is -2.34. The summed E-state index contributed by atoms with van der Waals surface area (Å²) >= 11 is 0. The van der Waals surface area contributed by atoms with E-state index in [1.54, 1.807) is 0 Å².